The van der Waals surface area contributed by atoms with Gasteiger partial charge in [0.2, 0.25) is 5.95 Å². The van der Waals surface area contributed by atoms with Gasteiger partial charge in [-0.15, -0.1) is 0 Å². The van der Waals surface area contributed by atoms with Gasteiger partial charge in [0.25, 0.3) is 0 Å². The lowest BCUT2D eigenvalue weighted by Gasteiger charge is -2.44. The molecule has 3 heterocycles. The van der Waals surface area contributed by atoms with Gasteiger partial charge in [-0.1, -0.05) is 158 Å². The van der Waals surface area contributed by atoms with E-state index in [4.69, 9.17) is 19.4 Å². The van der Waals surface area contributed by atoms with E-state index < -0.39 is 5.41 Å². The second kappa shape index (κ2) is 12.2. The van der Waals surface area contributed by atoms with Crippen LogP contribution < -0.4 is 4.90 Å². The highest BCUT2D eigenvalue weighted by Crippen LogP contribution is 2.63. The maximum atomic E-state index is 6.19. The van der Waals surface area contributed by atoms with E-state index in [0.29, 0.717) is 17.6 Å². The van der Waals surface area contributed by atoms with Crippen molar-refractivity contribution in [2.24, 2.45) is 0 Å². The SMILES string of the molecule is c1ccc(-c2nc(-c3ccccc3)nc(N3c4ccccc4C4(c5ccccc5-c5cc(-c6ccc7oc8ccccc8c7c6)ccc54)c4ccccc43)n2)cc1. The fourth-order valence-corrected chi connectivity index (χ4v) is 9.31. The average Bonchev–Trinajstić information content (AvgIpc) is 3.80. The number of rotatable bonds is 4. The molecule has 57 heavy (non-hydrogen) atoms. The first-order chi connectivity index (χ1) is 28.3. The number of aromatic nitrogens is 3. The number of fused-ring (bicyclic) bond motifs is 12. The van der Waals surface area contributed by atoms with Gasteiger partial charge in [0.1, 0.15) is 11.2 Å². The van der Waals surface area contributed by atoms with Crippen molar-refractivity contribution < 1.29 is 4.42 Å². The molecule has 2 aromatic heterocycles. The minimum atomic E-state index is -0.587. The molecule has 0 saturated carbocycles. The topological polar surface area (TPSA) is 55.1 Å². The van der Waals surface area contributed by atoms with E-state index >= 15 is 0 Å². The Labute approximate surface area is 329 Å². The van der Waals surface area contributed by atoms with Crippen LogP contribution in [0.5, 0.6) is 0 Å². The molecule has 0 saturated heterocycles. The third kappa shape index (κ3) is 4.60. The van der Waals surface area contributed by atoms with Crippen molar-refractivity contribution >= 4 is 39.3 Å². The molecule has 0 radical (unpaired) electrons. The molecule has 12 rings (SSSR count). The van der Waals surface area contributed by atoms with Gasteiger partial charge in [-0.3, -0.25) is 4.90 Å². The van der Waals surface area contributed by atoms with Crippen molar-refractivity contribution in [2.75, 3.05) is 4.90 Å². The lowest BCUT2D eigenvalue weighted by Crippen LogP contribution is -2.36. The van der Waals surface area contributed by atoms with E-state index in [1.165, 1.54) is 38.9 Å². The lowest BCUT2D eigenvalue weighted by atomic mass is 9.64. The van der Waals surface area contributed by atoms with E-state index in [0.717, 1.165) is 50.0 Å². The fraction of sp³-hybridized carbons (Fsp3) is 0.0192. The molecule has 0 amide bonds. The Morgan fingerprint density at radius 2 is 0.895 bits per heavy atom. The Kier molecular flexibility index (Phi) is 6.78. The zero-order valence-electron chi connectivity index (χ0n) is 30.7. The fourth-order valence-electron chi connectivity index (χ4n) is 9.31. The monoisotopic (exact) mass is 728 g/mol. The molecule has 0 atom stereocenters. The number of benzene rings is 8. The van der Waals surface area contributed by atoms with Crippen LogP contribution in [0.25, 0.3) is 67.0 Å². The van der Waals surface area contributed by atoms with Crippen LogP contribution in [-0.4, -0.2) is 15.0 Å². The van der Waals surface area contributed by atoms with Gasteiger partial charge in [-0.05, 0) is 80.9 Å². The minimum absolute atomic E-state index is 0.571. The molecule has 1 aliphatic carbocycles. The Morgan fingerprint density at radius 1 is 0.368 bits per heavy atom. The Morgan fingerprint density at radius 3 is 1.60 bits per heavy atom. The summed E-state index contributed by atoms with van der Waals surface area (Å²) in [5.74, 6) is 1.82. The molecule has 266 valence electrons. The summed E-state index contributed by atoms with van der Waals surface area (Å²) >= 11 is 0. The van der Waals surface area contributed by atoms with Crippen molar-refractivity contribution in [3.05, 3.63) is 216 Å². The van der Waals surface area contributed by atoms with Gasteiger partial charge in [-0.25, -0.2) is 4.98 Å². The summed E-state index contributed by atoms with van der Waals surface area (Å²) in [4.78, 5) is 17.7. The normalized spacial score (nSPS) is 13.4. The third-order valence-electron chi connectivity index (χ3n) is 11.7. The number of furan rings is 1. The quantitative estimate of drug-likeness (QED) is 0.181. The van der Waals surface area contributed by atoms with Crippen LogP contribution in [0.15, 0.2) is 199 Å². The summed E-state index contributed by atoms with van der Waals surface area (Å²) in [6.45, 7) is 0. The molecule has 5 heteroatoms. The zero-order chi connectivity index (χ0) is 37.5. The highest BCUT2D eigenvalue weighted by atomic mass is 16.3. The van der Waals surface area contributed by atoms with Crippen LogP contribution in [-0.2, 0) is 5.41 Å². The van der Waals surface area contributed by atoms with Crippen molar-refractivity contribution in [3.8, 4) is 45.0 Å². The molecular formula is C52H32N4O. The summed E-state index contributed by atoms with van der Waals surface area (Å²) in [5, 5.41) is 2.25. The van der Waals surface area contributed by atoms with E-state index in [2.05, 4.69) is 150 Å². The first kappa shape index (κ1) is 31.7. The van der Waals surface area contributed by atoms with Crippen LogP contribution in [0.2, 0.25) is 0 Å². The van der Waals surface area contributed by atoms with Crippen LogP contribution in [0.3, 0.4) is 0 Å². The van der Waals surface area contributed by atoms with Crippen molar-refractivity contribution in [2.45, 2.75) is 5.41 Å². The van der Waals surface area contributed by atoms with Gasteiger partial charge in [-0.2, -0.15) is 9.97 Å². The second-order valence-electron chi connectivity index (χ2n) is 14.7. The van der Waals surface area contributed by atoms with Crippen molar-refractivity contribution in [3.63, 3.8) is 0 Å². The van der Waals surface area contributed by atoms with E-state index in [-0.39, 0.29) is 0 Å². The predicted octanol–water partition coefficient (Wildman–Crippen LogP) is 12.9. The van der Waals surface area contributed by atoms with Crippen LogP contribution in [0.4, 0.5) is 17.3 Å². The lowest BCUT2D eigenvalue weighted by molar-refractivity contribution is 0.669. The number of anilines is 3. The maximum Gasteiger partial charge on any atom is 0.238 e. The van der Waals surface area contributed by atoms with Crippen molar-refractivity contribution in [1.29, 1.82) is 0 Å². The van der Waals surface area contributed by atoms with Crippen molar-refractivity contribution in [1.82, 2.24) is 15.0 Å². The summed E-state index contributed by atoms with van der Waals surface area (Å²) in [6.07, 6.45) is 0. The molecule has 1 spiro atoms. The Hall–Kier alpha value is -7.63. The molecular weight excluding hydrogens is 697 g/mol. The van der Waals surface area contributed by atoms with E-state index in [9.17, 15) is 0 Å². The molecule has 1 aliphatic heterocycles. The molecule has 10 aromatic rings. The van der Waals surface area contributed by atoms with Gasteiger partial charge in [0.15, 0.2) is 11.6 Å². The smallest absolute Gasteiger partial charge is 0.238 e. The van der Waals surface area contributed by atoms with Gasteiger partial charge < -0.3 is 4.42 Å². The molecule has 0 N–H and O–H groups in total. The molecule has 0 unspecified atom stereocenters. The van der Waals surface area contributed by atoms with Gasteiger partial charge >= 0.3 is 0 Å². The maximum absolute atomic E-state index is 6.19. The standard InChI is InChI=1S/C52H32N4O/c1-3-15-33(16-4-1)49-53-50(34-17-5-2-6-18-34)55-51(54-49)56-45-24-12-10-22-43(45)52(44-23-11-13-25-46(44)56)41-21-9-7-19-37(41)39-31-35(27-29-42(39)52)36-28-30-48-40(32-36)38-20-8-14-26-47(38)57-48/h1-32H. The highest BCUT2D eigenvalue weighted by Gasteiger charge is 2.52. The summed E-state index contributed by atoms with van der Waals surface area (Å²) in [7, 11) is 0. The van der Waals surface area contributed by atoms with Crippen LogP contribution in [0, 0.1) is 0 Å². The first-order valence-electron chi connectivity index (χ1n) is 19.3. The number of hydrogen-bond acceptors (Lipinski definition) is 5. The summed E-state index contributed by atoms with van der Waals surface area (Å²) in [5.41, 5.74) is 14.8. The Balaban J connectivity index is 1.09. The third-order valence-corrected chi connectivity index (χ3v) is 11.7. The number of nitrogens with zero attached hydrogens (tertiary/aromatic N) is 4. The summed E-state index contributed by atoms with van der Waals surface area (Å²) < 4.78 is 6.19. The Bertz CT molecular complexity index is 3100. The van der Waals surface area contributed by atoms with Crippen LogP contribution >= 0.6 is 0 Å². The number of hydrogen-bond donors (Lipinski definition) is 0. The second-order valence-corrected chi connectivity index (χ2v) is 14.7. The van der Waals surface area contributed by atoms with E-state index in [1.807, 2.05) is 48.5 Å². The minimum Gasteiger partial charge on any atom is -0.456 e. The largest absolute Gasteiger partial charge is 0.456 e. The summed E-state index contributed by atoms with van der Waals surface area (Å²) in [6, 6.07) is 68.6. The highest BCUT2D eigenvalue weighted by molar-refractivity contribution is 6.06. The van der Waals surface area contributed by atoms with Gasteiger partial charge in [0, 0.05) is 21.9 Å². The van der Waals surface area contributed by atoms with Crippen LogP contribution in [0.1, 0.15) is 22.3 Å². The number of para-hydroxylation sites is 3. The molecule has 2 aliphatic rings. The average molecular weight is 729 g/mol. The predicted molar refractivity (Wildman–Crippen MR) is 229 cm³/mol. The zero-order valence-corrected chi connectivity index (χ0v) is 30.7. The molecule has 5 nitrogen and oxygen atoms in total. The molecule has 0 bridgehead atoms. The van der Waals surface area contributed by atoms with E-state index in [1.54, 1.807) is 0 Å². The first-order valence-corrected chi connectivity index (χ1v) is 19.3. The van der Waals surface area contributed by atoms with Gasteiger partial charge in [0.05, 0.1) is 16.8 Å². The molecule has 8 aromatic carbocycles. The molecule has 0 fully saturated rings.